The average molecular weight is 665 g/mol. The molecule has 0 fully saturated rings. The second-order valence-corrected chi connectivity index (χ2v) is 15.5. The minimum absolute atomic E-state index is 0.0589. The van der Waals surface area contributed by atoms with Gasteiger partial charge in [-0.05, 0) is 110 Å². The van der Waals surface area contributed by atoms with Crippen molar-refractivity contribution < 1.29 is 13.2 Å². The fraction of sp³-hybridized carbons (Fsp3) is 0.222. The number of Topliss-reactive ketones (excluding diaryl/α,β-unsaturated/α-hetero) is 1. The Morgan fingerprint density at radius 2 is 1.00 bits per heavy atom. The molecule has 49 heavy (non-hydrogen) atoms. The number of allylic oxidation sites excluding steroid dienone is 4. The molecule has 0 aliphatic heterocycles. The van der Waals surface area contributed by atoms with Crippen LogP contribution >= 0.6 is 0 Å². The van der Waals surface area contributed by atoms with E-state index in [1.54, 1.807) is 24.3 Å². The summed E-state index contributed by atoms with van der Waals surface area (Å²) in [6.45, 7) is 6.28. The summed E-state index contributed by atoms with van der Waals surface area (Å²) < 4.78 is 26.9. The summed E-state index contributed by atoms with van der Waals surface area (Å²) in [5.41, 5.74) is 9.97. The molecule has 2 atom stereocenters. The molecule has 0 bridgehead atoms. The molecule has 1 aliphatic carbocycles. The lowest BCUT2D eigenvalue weighted by molar-refractivity contribution is 0.103. The number of aryl methyl sites for hydroxylation is 5. The third-order valence-corrected chi connectivity index (χ3v) is 11.5. The maximum absolute atomic E-state index is 13.4. The van der Waals surface area contributed by atoms with Crippen molar-refractivity contribution in [3.63, 3.8) is 0 Å². The van der Waals surface area contributed by atoms with E-state index in [9.17, 15) is 13.2 Å². The Morgan fingerprint density at radius 3 is 1.51 bits per heavy atom. The molecule has 2 unspecified atom stereocenters. The van der Waals surface area contributed by atoms with Crippen LogP contribution in [-0.4, -0.2) is 14.2 Å². The Balaban J connectivity index is 0.993. The van der Waals surface area contributed by atoms with E-state index in [2.05, 4.69) is 74.5 Å². The predicted octanol–water partition coefficient (Wildman–Crippen LogP) is 10.1. The number of benzene rings is 5. The molecule has 1 aliphatic rings. The number of sulfone groups is 1. The first-order valence-corrected chi connectivity index (χ1v) is 18.7. The van der Waals surface area contributed by atoms with E-state index >= 15 is 0 Å². The van der Waals surface area contributed by atoms with Gasteiger partial charge in [0, 0.05) is 11.1 Å². The lowest BCUT2D eigenvalue weighted by atomic mass is 9.82. The Labute approximate surface area is 292 Å². The Morgan fingerprint density at radius 1 is 0.571 bits per heavy atom. The maximum Gasteiger partial charge on any atom is 0.206 e. The summed E-state index contributed by atoms with van der Waals surface area (Å²) in [5.74, 6) is 0.621. The zero-order valence-electron chi connectivity index (χ0n) is 28.6. The molecular weight excluding hydrogens is 621 g/mol. The molecule has 0 N–H and O–H groups in total. The molecule has 0 spiro atoms. The SMILES string of the molecule is Cc1ccc(Cc2ccc(CCc3ccc(S(=O)(=O)c4ccc(CCC5C=CC(C(=O)c6ccc(C)cc6)=CC5C)cc4)cc3)cc2)cc1. The van der Waals surface area contributed by atoms with E-state index in [0.29, 0.717) is 21.3 Å². The first-order valence-electron chi connectivity index (χ1n) is 17.2. The van der Waals surface area contributed by atoms with Crippen LogP contribution in [0.2, 0.25) is 0 Å². The highest BCUT2D eigenvalue weighted by Gasteiger charge is 2.21. The Bertz CT molecular complexity index is 2050. The maximum atomic E-state index is 13.4. The van der Waals surface area contributed by atoms with Crippen LogP contribution in [0, 0.1) is 25.7 Å². The monoisotopic (exact) mass is 664 g/mol. The van der Waals surface area contributed by atoms with E-state index in [1.807, 2.05) is 61.5 Å². The molecule has 6 rings (SSSR count). The number of ketones is 1. The summed E-state index contributed by atoms with van der Waals surface area (Å²) in [5, 5.41) is 0. The van der Waals surface area contributed by atoms with Crippen molar-refractivity contribution in [2.75, 3.05) is 0 Å². The van der Waals surface area contributed by atoms with Crippen molar-refractivity contribution in [2.45, 2.75) is 62.7 Å². The van der Waals surface area contributed by atoms with Crippen molar-refractivity contribution in [3.8, 4) is 0 Å². The standard InChI is InChI=1S/C45H44O3S/c1-32-4-8-38(9-5-32)31-39-14-12-35(13-15-39)10-11-36-17-26-43(27-18-36)49(47,48)44-28-19-37(20-29-44)16-23-40-24-25-42(30-34(40)3)45(46)41-21-6-33(2)7-22-41/h4-9,12-15,17-22,24-30,34,40H,10-11,16,23,31H2,1-3H3. The van der Waals surface area contributed by atoms with Gasteiger partial charge in [-0.25, -0.2) is 8.42 Å². The summed E-state index contributed by atoms with van der Waals surface area (Å²) in [7, 11) is -3.61. The number of hydrogen-bond acceptors (Lipinski definition) is 3. The summed E-state index contributed by atoms with van der Waals surface area (Å²) in [6, 6.07) is 39.8. The van der Waals surface area contributed by atoms with Crippen molar-refractivity contribution in [1.82, 2.24) is 0 Å². The van der Waals surface area contributed by atoms with Gasteiger partial charge in [0.2, 0.25) is 9.84 Å². The minimum atomic E-state index is -3.61. The summed E-state index contributed by atoms with van der Waals surface area (Å²) >= 11 is 0. The largest absolute Gasteiger partial charge is 0.289 e. The van der Waals surface area contributed by atoms with Crippen LogP contribution in [-0.2, 0) is 35.5 Å². The second-order valence-electron chi connectivity index (χ2n) is 13.5. The van der Waals surface area contributed by atoms with Gasteiger partial charge >= 0.3 is 0 Å². The predicted molar refractivity (Wildman–Crippen MR) is 200 cm³/mol. The van der Waals surface area contributed by atoms with Crippen LogP contribution in [0.1, 0.15) is 62.6 Å². The topological polar surface area (TPSA) is 51.2 Å². The van der Waals surface area contributed by atoms with Crippen LogP contribution in [0.5, 0.6) is 0 Å². The molecule has 0 radical (unpaired) electrons. The zero-order chi connectivity index (χ0) is 34.4. The van der Waals surface area contributed by atoms with E-state index in [4.69, 9.17) is 0 Å². The fourth-order valence-electron chi connectivity index (χ4n) is 6.44. The van der Waals surface area contributed by atoms with Gasteiger partial charge in [0.25, 0.3) is 0 Å². The van der Waals surface area contributed by atoms with Crippen molar-refractivity contribution in [1.29, 1.82) is 0 Å². The fourth-order valence-corrected chi connectivity index (χ4v) is 7.70. The molecule has 0 saturated carbocycles. The lowest BCUT2D eigenvalue weighted by Crippen LogP contribution is -2.15. The summed E-state index contributed by atoms with van der Waals surface area (Å²) in [4.78, 5) is 13.6. The quantitative estimate of drug-likeness (QED) is 0.125. The van der Waals surface area contributed by atoms with Crippen LogP contribution in [0.25, 0.3) is 0 Å². The molecule has 3 nitrogen and oxygen atoms in total. The van der Waals surface area contributed by atoms with Gasteiger partial charge in [0.05, 0.1) is 9.79 Å². The van der Waals surface area contributed by atoms with Crippen LogP contribution < -0.4 is 0 Å². The molecule has 0 heterocycles. The van der Waals surface area contributed by atoms with Crippen molar-refractivity contribution in [3.05, 3.63) is 190 Å². The number of carbonyl (C=O) groups is 1. The van der Waals surface area contributed by atoms with E-state index < -0.39 is 9.84 Å². The molecule has 248 valence electrons. The minimum Gasteiger partial charge on any atom is -0.289 e. The highest BCUT2D eigenvalue weighted by Crippen LogP contribution is 2.29. The lowest BCUT2D eigenvalue weighted by Gasteiger charge is -2.23. The number of hydrogen-bond donors (Lipinski definition) is 0. The van der Waals surface area contributed by atoms with E-state index in [1.165, 1.54) is 22.3 Å². The van der Waals surface area contributed by atoms with Gasteiger partial charge in [-0.1, -0.05) is 133 Å². The van der Waals surface area contributed by atoms with Gasteiger partial charge in [0.15, 0.2) is 5.78 Å². The molecule has 5 aromatic rings. The van der Waals surface area contributed by atoms with E-state index in [-0.39, 0.29) is 11.7 Å². The number of rotatable bonds is 12. The molecule has 0 aromatic heterocycles. The van der Waals surface area contributed by atoms with Crippen molar-refractivity contribution >= 4 is 15.6 Å². The zero-order valence-corrected chi connectivity index (χ0v) is 29.4. The molecule has 4 heteroatoms. The van der Waals surface area contributed by atoms with Gasteiger partial charge in [0.1, 0.15) is 0 Å². The highest BCUT2D eigenvalue weighted by molar-refractivity contribution is 7.91. The van der Waals surface area contributed by atoms with Gasteiger partial charge < -0.3 is 0 Å². The van der Waals surface area contributed by atoms with Gasteiger partial charge in [-0.2, -0.15) is 0 Å². The Kier molecular flexibility index (Phi) is 10.6. The van der Waals surface area contributed by atoms with Crippen molar-refractivity contribution in [2.24, 2.45) is 11.8 Å². The molecule has 0 amide bonds. The third kappa shape index (κ3) is 8.63. The van der Waals surface area contributed by atoms with E-state index in [0.717, 1.165) is 54.4 Å². The van der Waals surface area contributed by atoms with Gasteiger partial charge in [-0.15, -0.1) is 0 Å². The Hall–Kier alpha value is -4.80. The molecule has 0 saturated heterocycles. The first-order chi connectivity index (χ1) is 23.6. The first kappa shape index (κ1) is 34.1. The van der Waals surface area contributed by atoms with Crippen LogP contribution in [0.15, 0.2) is 155 Å². The van der Waals surface area contributed by atoms with Crippen LogP contribution in [0.3, 0.4) is 0 Å². The number of carbonyl (C=O) groups excluding carboxylic acids is 1. The van der Waals surface area contributed by atoms with Gasteiger partial charge in [-0.3, -0.25) is 4.79 Å². The molecule has 5 aromatic carbocycles. The molecular formula is C45H44O3S. The smallest absolute Gasteiger partial charge is 0.206 e. The average Bonchev–Trinajstić information content (AvgIpc) is 3.12. The highest BCUT2D eigenvalue weighted by atomic mass is 32.2. The third-order valence-electron chi connectivity index (χ3n) is 9.70. The van der Waals surface area contributed by atoms with Crippen LogP contribution in [0.4, 0.5) is 0 Å². The normalized spacial score (nSPS) is 15.9. The summed E-state index contributed by atoms with van der Waals surface area (Å²) in [6.07, 6.45) is 10.6. The second kappa shape index (κ2) is 15.2.